The molecule has 10 heteroatoms. The van der Waals surface area contributed by atoms with Gasteiger partial charge in [0.05, 0.1) is 18.8 Å². The Balaban J connectivity index is 1.65. The lowest BCUT2D eigenvalue weighted by Crippen LogP contribution is -2.33. The van der Waals surface area contributed by atoms with Crippen LogP contribution in [0, 0.1) is 24.0 Å². The van der Waals surface area contributed by atoms with Gasteiger partial charge >= 0.3 is 6.09 Å². The van der Waals surface area contributed by atoms with Gasteiger partial charge in [0.15, 0.2) is 11.6 Å². The Kier molecular flexibility index (Phi) is 9.35. The number of hydrogen-bond donors (Lipinski definition) is 1. The zero-order valence-corrected chi connectivity index (χ0v) is 27.0. The molecule has 236 valence electrons. The number of carbonyl (C=O) groups is 1. The highest BCUT2D eigenvalue weighted by Crippen LogP contribution is 2.37. The number of aryl methyl sites for hydroxylation is 1. The van der Waals surface area contributed by atoms with E-state index in [-0.39, 0.29) is 18.9 Å². The van der Waals surface area contributed by atoms with Gasteiger partial charge in [0.2, 0.25) is 5.82 Å². The molecule has 2 heterocycles. The summed E-state index contributed by atoms with van der Waals surface area (Å²) >= 11 is 0. The molecule has 0 aliphatic carbocycles. The lowest BCUT2D eigenvalue weighted by molar-refractivity contribution is 0.0285. The van der Waals surface area contributed by atoms with Crippen LogP contribution in [0.5, 0.6) is 5.75 Å². The first kappa shape index (κ1) is 32.9. The Bertz CT molecular complexity index is 1670. The molecule has 1 atom stereocenters. The molecule has 0 aliphatic rings. The molecule has 8 nitrogen and oxygen atoms in total. The molecule has 1 N–H and O–H groups in total. The Morgan fingerprint density at radius 1 is 1.09 bits per heavy atom. The molecule has 4 aromatic rings. The molecule has 0 aliphatic heterocycles. The summed E-state index contributed by atoms with van der Waals surface area (Å²) < 4.78 is 42.9. The summed E-state index contributed by atoms with van der Waals surface area (Å²) in [6.07, 6.45) is 2.44. The predicted octanol–water partition coefficient (Wildman–Crippen LogP) is 7.29. The van der Waals surface area contributed by atoms with Crippen molar-refractivity contribution >= 4 is 16.9 Å². The highest BCUT2D eigenvalue weighted by molar-refractivity contribution is 5.90. The Morgan fingerprint density at radius 2 is 1.80 bits per heavy atom. The maximum absolute atomic E-state index is 15.3. The van der Waals surface area contributed by atoms with Crippen molar-refractivity contribution in [1.82, 2.24) is 19.7 Å². The highest BCUT2D eigenvalue weighted by atomic mass is 19.2. The SMILES string of the molecule is Cc1c(CCOc2c(-c3ccc4cncc(CN(C)C(=O)OC(C)(C)C)c4c3)ccc(F)c2F)c(C(O)C(C)(C)C)nn1C. The van der Waals surface area contributed by atoms with Crippen molar-refractivity contribution < 1.29 is 28.2 Å². The lowest BCUT2D eigenvalue weighted by atomic mass is 9.85. The van der Waals surface area contributed by atoms with E-state index in [1.165, 1.54) is 11.0 Å². The topological polar surface area (TPSA) is 89.7 Å². The van der Waals surface area contributed by atoms with Crippen LogP contribution in [0.4, 0.5) is 13.6 Å². The van der Waals surface area contributed by atoms with Crippen molar-refractivity contribution in [2.45, 2.75) is 73.1 Å². The van der Waals surface area contributed by atoms with E-state index in [2.05, 4.69) is 10.1 Å². The summed E-state index contributed by atoms with van der Waals surface area (Å²) in [6.45, 7) is 13.4. The van der Waals surface area contributed by atoms with Crippen LogP contribution in [-0.4, -0.2) is 50.1 Å². The third-order valence-corrected chi connectivity index (χ3v) is 7.48. The standard InChI is InChI=1S/C34H42F2N4O4/c1-20-24(29(38-40(20)9)31(41)33(2,3)4)14-15-43-30-25(12-13-27(35)28(30)36)21-10-11-22-17-37-18-23(26(22)16-21)19-39(8)32(42)44-34(5,6)7/h10-13,16-18,31,41H,14-15,19H2,1-9H3. The van der Waals surface area contributed by atoms with Gasteiger partial charge < -0.3 is 19.5 Å². The van der Waals surface area contributed by atoms with Gasteiger partial charge in [-0.15, -0.1) is 0 Å². The number of aliphatic hydroxyl groups is 1. The van der Waals surface area contributed by atoms with Gasteiger partial charge in [-0.1, -0.05) is 32.9 Å². The molecule has 4 rings (SSSR count). The number of pyridine rings is 1. The second-order valence-electron chi connectivity index (χ2n) is 13.2. The van der Waals surface area contributed by atoms with Gasteiger partial charge in [0.1, 0.15) is 11.7 Å². The molecule has 0 saturated heterocycles. The number of hydrogen-bond acceptors (Lipinski definition) is 6. The molecule has 2 aromatic carbocycles. The van der Waals surface area contributed by atoms with E-state index in [0.717, 1.165) is 33.7 Å². The van der Waals surface area contributed by atoms with Crippen molar-refractivity contribution in [3.63, 3.8) is 0 Å². The smallest absolute Gasteiger partial charge is 0.410 e. The number of aromatic nitrogens is 3. The van der Waals surface area contributed by atoms with Crippen molar-refractivity contribution in [3.8, 4) is 16.9 Å². The zero-order valence-electron chi connectivity index (χ0n) is 27.0. The predicted molar refractivity (Wildman–Crippen MR) is 166 cm³/mol. The maximum atomic E-state index is 15.3. The van der Waals surface area contributed by atoms with Crippen LogP contribution in [0.1, 0.15) is 70.2 Å². The van der Waals surface area contributed by atoms with E-state index in [1.807, 2.05) is 39.8 Å². The van der Waals surface area contributed by atoms with Crippen LogP contribution < -0.4 is 4.74 Å². The van der Waals surface area contributed by atoms with Crippen molar-refractivity contribution in [2.75, 3.05) is 13.7 Å². The molecule has 0 spiro atoms. The normalized spacial score (nSPS) is 12.8. The first-order valence-corrected chi connectivity index (χ1v) is 14.6. The van der Waals surface area contributed by atoms with E-state index >= 15 is 4.39 Å². The van der Waals surface area contributed by atoms with Crippen LogP contribution in [0.2, 0.25) is 0 Å². The number of benzene rings is 2. The molecule has 1 amide bonds. The fourth-order valence-electron chi connectivity index (χ4n) is 4.95. The van der Waals surface area contributed by atoms with Gasteiger partial charge in [-0.2, -0.15) is 9.49 Å². The Hall–Kier alpha value is -4.05. The first-order chi connectivity index (χ1) is 20.5. The number of rotatable bonds is 8. The number of halogens is 2. The van der Waals surface area contributed by atoms with E-state index in [4.69, 9.17) is 9.47 Å². The van der Waals surface area contributed by atoms with Gasteiger partial charge in [-0.25, -0.2) is 9.18 Å². The number of ether oxygens (including phenoxy) is 2. The average Bonchev–Trinajstić information content (AvgIpc) is 3.22. The van der Waals surface area contributed by atoms with E-state index in [0.29, 0.717) is 23.2 Å². The quantitative estimate of drug-likeness (QED) is 0.226. The molecule has 2 aromatic heterocycles. The van der Waals surface area contributed by atoms with Crippen LogP contribution in [-0.2, 0) is 24.8 Å². The third kappa shape index (κ3) is 7.18. The van der Waals surface area contributed by atoms with Gasteiger partial charge in [0, 0.05) is 55.1 Å². The zero-order chi connectivity index (χ0) is 32.6. The second kappa shape index (κ2) is 12.5. The van der Waals surface area contributed by atoms with Crippen LogP contribution >= 0.6 is 0 Å². The number of carbonyl (C=O) groups excluding carboxylic acids is 1. The monoisotopic (exact) mass is 608 g/mol. The molecular weight excluding hydrogens is 566 g/mol. The molecule has 0 radical (unpaired) electrons. The number of aliphatic hydroxyl groups excluding tert-OH is 1. The summed E-state index contributed by atoms with van der Waals surface area (Å²) in [4.78, 5) is 18.4. The fourth-order valence-corrected chi connectivity index (χ4v) is 4.95. The Labute approximate surface area is 257 Å². The summed E-state index contributed by atoms with van der Waals surface area (Å²) in [7, 11) is 3.45. The minimum atomic E-state index is -1.08. The first-order valence-electron chi connectivity index (χ1n) is 14.6. The summed E-state index contributed by atoms with van der Waals surface area (Å²) in [5.41, 5.74) is 2.90. The van der Waals surface area contributed by atoms with Gasteiger partial charge in [-0.3, -0.25) is 9.67 Å². The summed E-state index contributed by atoms with van der Waals surface area (Å²) in [5, 5.41) is 17.1. The minimum Gasteiger partial charge on any atom is -0.489 e. The molecule has 1 unspecified atom stereocenters. The fraction of sp³-hybridized carbons (Fsp3) is 0.441. The highest BCUT2D eigenvalue weighted by Gasteiger charge is 2.30. The number of nitrogens with zero attached hydrogens (tertiary/aromatic N) is 4. The van der Waals surface area contributed by atoms with E-state index in [1.54, 1.807) is 58.0 Å². The van der Waals surface area contributed by atoms with Crippen molar-refractivity contribution in [1.29, 1.82) is 0 Å². The molecular formula is C34H42F2N4O4. The van der Waals surface area contributed by atoms with Crippen molar-refractivity contribution in [2.24, 2.45) is 12.5 Å². The van der Waals surface area contributed by atoms with Gasteiger partial charge in [0.25, 0.3) is 0 Å². The van der Waals surface area contributed by atoms with E-state index in [9.17, 15) is 14.3 Å². The van der Waals surface area contributed by atoms with Crippen LogP contribution in [0.25, 0.3) is 21.9 Å². The van der Waals surface area contributed by atoms with Gasteiger partial charge in [-0.05, 0) is 67.8 Å². The summed E-state index contributed by atoms with van der Waals surface area (Å²) in [5.74, 6) is -2.31. The third-order valence-electron chi connectivity index (χ3n) is 7.48. The lowest BCUT2D eigenvalue weighted by Gasteiger charge is -2.25. The average molecular weight is 609 g/mol. The Morgan fingerprint density at radius 3 is 2.45 bits per heavy atom. The number of amides is 1. The maximum Gasteiger partial charge on any atom is 0.410 e. The molecule has 0 fully saturated rings. The van der Waals surface area contributed by atoms with E-state index < -0.39 is 34.8 Å². The number of fused-ring (bicyclic) bond motifs is 1. The molecule has 44 heavy (non-hydrogen) atoms. The molecule has 0 bridgehead atoms. The van der Waals surface area contributed by atoms with Crippen LogP contribution in [0.3, 0.4) is 0 Å². The minimum absolute atomic E-state index is 0.0349. The van der Waals surface area contributed by atoms with Crippen LogP contribution in [0.15, 0.2) is 42.7 Å². The summed E-state index contributed by atoms with van der Waals surface area (Å²) in [6, 6.07) is 8.08. The van der Waals surface area contributed by atoms with Crippen molar-refractivity contribution in [3.05, 3.63) is 76.9 Å². The second-order valence-corrected chi connectivity index (χ2v) is 13.2. The largest absolute Gasteiger partial charge is 0.489 e. The molecule has 0 saturated carbocycles.